The number of hydrogen-bond donors (Lipinski definition) is 0. The first-order valence-corrected chi connectivity index (χ1v) is 10.2. The summed E-state index contributed by atoms with van der Waals surface area (Å²) in [5.74, 6) is 3.31. The first-order valence-electron chi connectivity index (χ1n) is 10.2. The minimum atomic E-state index is 0.313. The van der Waals surface area contributed by atoms with Gasteiger partial charge in [0.2, 0.25) is 11.8 Å². The lowest BCUT2D eigenvalue weighted by molar-refractivity contribution is 0.348. The number of nitriles is 1. The molecule has 0 unspecified atom stereocenters. The van der Waals surface area contributed by atoms with Crippen LogP contribution in [0.3, 0.4) is 0 Å². The van der Waals surface area contributed by atoms with Crippen molar-refractivity contribution in [1.29, 1.82) is 5.26 Å². The molecule has 0 aromatic heterocycles. The molecule has 2 aliphatic rings. The van der Waals surface area contributed by atoms with Crippen molar-refractivity contribution in [2.75, 3.05) is 26.3 Å². The van der Waals surface area contributed by atoms with Crippen LogP contribution in [0.4, 0.5) is 0 Å². The Morgan fingerprint density at radius 1 is 0.688 bits per heavy atom. The zero-order valence-electron chi connectivity index (χ0n) is 17.2. The van der Waals surface area contributed by atoms with E-state index in [1.54, 1.807) is 18.2 Å². The predicted molar refractivity (Wildman–Crippen MR) is 119 cm³/mol. The third kappa shape index (κ3) is 4.12. The largest absolute Gasteiger partial charge is 0.476 e. The van der Waals surface area contributed by atoms with Gasteiger partial charge >= 0.3 is 0 Å². The topological polar surface area (TPSA) is 85.4 Å². The highest BCUT2D eigenvalue weighted by Crippen LogP contribution is 2.34. The molecule has 0 N–H and O–H groups in total. The van der Waals surface area contributed by atoms with Crippen LogP contribution in [0.25, 0.3) is 0 Å². The summed E-state index contributed by atoms with van der Waals surface area (Å²) in [6.07, 6.45) is 0. The maximum atomic E-state index is 9.76. The second kappa shape index (κ2) is 8.82. The van der Waals surface area contributed by atoms with Gasteiger partial charge < -0.3 is 18.9 Å². The zero-order valence-corrected chi connectivity index (χ0v) is 17.2. The van der Waals surface area contributed by atoms with Crippen LogP contribution in [0.2, 0.25) is 0 Å². The molecule has 5 rings (SSSR count). The number of rotatable bonds is 6. The minimum Gasteiger partial charge on any atom is -0.476 e. The molecule has 2 aliphatic heterocycles. The lowest BCUT2D eigenvalue weighted by atomic mass is 10.1. The van der Waals surface area contributed by atoms with Crippen molar-refractivity contribution in [3.63, 3.8) is 0 Å². The monoisotopic (exact) mass is 425 g/mol. The first-order chi connectivity index (χ1) is 15.8. The Balaban J connectivity index is 1.33. The molecule has 158 valence electrons. The Hall–Kier alpha value is -4.31. The predicted octanol–water partition coefficient (Wildman–Crippen LogP) is 4.70. The Morgan fingerprint density at radius 2 is 1.16 bits per heavy atom. The fourth-order valence-electron chi connectivity index (χ4n) is 3.40. The van der Waals surface area contributed by atoms with Gasteiger partial charge in [0.15, 0.2) is 0 Å². The quantitative estimate of drug-likeness (QED) is 0.572. The van der Waals surface area contributed by atoms with Gasteiger partial charge in [-0.2, -0.15) is 5.26 Å². The molecule has 0 fully saturated rings. The molecule has 2 heterocycles. The van der Waals surface area contributed by atoms with Crippen molar-refractivity contribution >= 4 is 11.8 Å². The van der Waals surface area contributed by atoms with E-state index in [9.17, 15) is 5.26 Å². The van der Waals surface area contributed by atoms with E-state index >= 15 is 0 Å². The summed E-state index contributed by atoms with van der Waals surface area (Å²) >= 11 is 0. The average Bonchev–Trinajstić information content (AvgIpc) is 3.55. The van der Waals surface area contributed by atoms with Crippen molar-refractivity contribution in [3.05, 3.63) is 83.4 Å². The fourth-order valence-corrected chi connectivity index (χ4v) is 3.40. The lowest BCUT2D eigenvalue weighted by Crippen LogP contribution is -2.01. The van der Waals surface area contributed by atoms with E-state index in [-0.39, 0.29) is 0 Å². The number of ether oxygens (including phenoxy) is 4. The lowest BCUT2D eigenvalue weighted by Gasteiger charge is -2.12. The molecule has 0 spiro atoms. The van der Waals surface area contributed by atoms with Gasteiger partial charge in [0.1, 0.15) is 47.8 Å². The summed E-state index contributed by atoms with van der Waals surface area (Å²) in [4.78, 5) is 8.61. The molecule has 0 saturated carbocycles. The highest BCUT2D eigenvalue weighted by molar-refractivity contribution is 5.95. The fraction of sp³-hybridized carbons (Fsp3) is 0.160. The van der Waals surface area contributed by atoms with Crippen molar-refractivity contribution < 1.29 is 18.9 Å². The summed E-state index contributed by atoms with van der Waals surface area (Å²) < 4.78 is 22.9. The van der Waals surface area contributed by atoms with Gasteiger partial charge in [-0.05, 0) is 60.7 Å². The third-order valence-corrected chi connectivity index (χ3v) is 4.93. The van der Waals surface area contributed by atoms with Crippen LogP contribution < -0.4 is 9.47 Å². The maximum absolute atomic E-state index is 9.76. The van der Waals surface area contributed by atoms with Crippen LogP contribution in [0.1, 0.15) is 16.7 Å². The van der Waals surface area contributed by atoms with Crippen LogP contribution in [0.5, 0.6) is 23.0 Å². The number of nitrogens with zero attached hydrogens (tertiary/aromatic N) is 3. The van der Waals surface area contributed by atoms with Crippen molar-refractivity contribution in [3.8, 4) is 29.1 Å². The van der Waals surface area contributed by atoms with E-state index in [0.29, 0.717) is 66.7 Å². The molecule has 3 aromatic rings. The average molecular weight is 425 g/mol. The molecule has 0 atom stereocenters. The third-order valence-electron chi connectivity index (χ3n) is 4.93. The van der Waals surface area contributed by atoms with Crippen molar-refractivity contribution in [1.82, 2.24) is 0 Å². The van der Waals surface area contributed by atoms with E-state index in [1.165, 1.54) is 0 Å². The first kappa shape index (κ1) is 19.6. The Morgan fingerprint density at radius 3 is 1.53 bits per heavy atom. The molecular formula is C25H19N3O4. The Kier molecular flexibility index (Phi) is 5.41. The summed E-state index contributed by atoms with van der Waals surface area (Å²) in [6, 6.07) is 22.3. The summed E-state index contributed by atoms with van der Waals surface area (Å²) in [7, 11) is 0. The molecule has 0 amide bonds. The van der Waals surface area contributed by atoms with Gasteiger partial charge in [0.25, 0.3) is 0 Å². The maximum Gasteiger partial charge on any atom is 0.216 e. The van der Waals surface area contributed by atoms with E-state index in [2.05, 4.69) is 16.1 Å². The van der Waals surface area contributed by atoms with Gasteiger partial charge in [-0.25, -0.2) is 9.98 Å². The minimum absolute atomic E-state index is 0.313. The standard InChI is InChI=1S/C25H19N3O4/c26-16-21-22(31-19-8-4-17(5-9-19)24-27-12-14-29-24)2-1-3-23(21)32-20-10-6-18(7-11-20)25-28-13-15-30-25/h1-11H,12-15H2. The Bertz CT molecular complexity index is 1140. The zero-order chi connectivity index (χ0) is 21.8. The SMILES string of the molecule is N#Cc1c(Oc2ccc(C3=NCCO3)cc2)cccc1Oc1ccc(C2=NCCO2)cc1. The second-order valence-electron chi connectivity index (χ2n) is 7.06. The normalized spacial score (nSPS) is 14.6. The highest BCUT2D eigenvalue weighted by atomic mass is 16.5. The molecule has 0 bridgehead atoms. The molecule has 0 saturated heterocycles. The van der Waals surface area contributed by atoms with Crippen LogP contribution in [-0.4, -0.2) is 38.1 Å². The molecule has 3 aromatic carbocycles. The van der Waals surface area contributed by atoms with E-state index in [0.717, 1.165) is 11.1 Å². The summed E-state index contributed by atoms with van der Waals surface area (Å²) in [5, 5.41) is 9.76. The molecule has 0 radical (unpaired) electrons. The van der Waals surface area contributed by atoms with Gasteiger partial charge in [0.05, 0.1) is 13.1 Å². The van der Waals surface area contributed by atoms with Crippen LogP contribution >= 0.6 is 0 Å². The number of aliphatic imine (C=N–C) groups is 2. The molecule has 0 aliphatic carbocycles. The van der Waals surface area contributed by atoms with Crippen molar-refractivity contribution in [2.24, 2.45) is 9.98 Å². The second-order valence-corrected chi connectivity index (χ2v) is 7.06. The van der Waals surface area contributed by atoms with E-state index < -0.39 is 0 Å². The van der Waals surface area contributed by atoms with E-state index in [4.69, 9.17) is 18.9 Å². The van der Waals surface area contributed by atoms with Crippen LogP contribution in [-0.2, 0) is 9.47 Å². The van der Waals surface area contributed by atoms with Gasteiger partial charge in [0, 0.05) is 11.1 Å². The van der Waals surface area contributed by atoms with Gasteiger partial charge in [-0.1, -0.05) is 6.07 Å². The summed E-state index contributed by atoms with van der Waals surface area (Å²) in [5.41, 5.74) is 2.10. The Labute approximate surface area is 185 Å². The smallest absolute Gasteiger partial charge is 0.216 e. The van der Waals surface area contributed by atoms with Crippen LogP contribution in [0, 0.1) is 11.3 Å². The van der Waals surface area contributed by atoms with Gasteiger partial charge in [-0.3, -0.25) is 0 Å². The van der Waals surface area contributed by atoms with Gasteiger partial charge in [-0.15, -0.1) is 0 Å². The molecule has 7 heteroatoms. The summed E-state index contributed by atoms with van der Waals surface area (Å²) in [6.45, 7) is 2.57. The van der Waals surface area contributed by atoms with Crippen LogP contribution in [0.15, 0.2) is 76.7 Å². The van der Waals surface area contributed by atoms with Crippen molar-refractivity contribution in [2.45, 2.75) is 0 Å². The molecule has 7 nitrogen and oxygen atoms in total. The number of benzene rings is 3. The van der Waals surface area contributed by atoms with E-state index in [1.807, 2.05) is 48.5 Å². The molecule has 32 heavy (non-hydrogen) atoms. The highest BCUT2D eigenvalue weighted by Gasteiger charge is 2.15. The molecular weight excluding hydrogens is 406 g/mol. The number of hydrogen-bond acceptors (Lipinski definition) is 7.